The van der Waals surface area contributed by atoms with E-state index in [4.69, 9.17) is 5.73 Å². The number of hydrogen-bond acceptors (Lipinski definition) is 2. The minimum Gasteiger partial charge on any atom is -0.353 e. The fraction of sp³-hybridized carbons (Fsp3) is 0.941. The van der Waals surface area contributed by atoms with Crippen molar-refractivity contribution in [3.8, 4) is 0 Å². The van der Waals surface area contributed by atoms with Crippen molar-refractivity contribution in [3.05, 3.63) is 0 Å². The van der Waals surface area contributed by atoms with E-state index >= 15 is 0 Å². The molecular formula is C17H34N2O. The summed E-state index contributed by atoms with van der Waals surface area (Å²) in [5.41, 5.74) is 6.38. The first kappa shape index (κ1) is 17.5. The molecule has 3 N–H and O–H groups in total. The van der Waals surface area contributed by atoms with E-state index in [0.29, 0.717) is 29.3 Å². The third-order valence-corrected chi connectivity index (χ3v) is 4.31. The van der Waals surface area contributed by atoms with Gasteiger partial charge in [-0.1, -0.05) is 41.5 Å². The van der Waals surface area contributed by atoms with Gasteiger partial charge in [-0.15, -0.1) is 0 Å². The van der Waals surface area contributed by atoms with Crippen molar-refractivity contribution in [2.75, 3.05) is 6.54 Å². The zero-order valence-corrected chi connectivity index (χ0v) is 14.3. The molecule has 0 aromatic carbocycles. The topological polar surface area (TPSA) is 55.1 Å². The zero-order chi connectivity index (χ0) is 15.6. The third kappa shape index (κ3) is 5.43. The van der Waals surface area contributed by atoms with Crippen molar-refractivity contribution in [1.29, 1.82) is 0 Å². The Labute approximate surface area is 125 Å². The van der Waals surface area contributed by atoms with E-state index in [1.165, 1.54) is 6.42 Å². The van der Waals surface area contributed by atoms with E-state index in [-0.39, 0.29) is 11.8 Å². The lowest BCUT2D eigenvalue weighted by atomic mass is 9.63. The van der Waals surface area contributed by atoms with Crippen LogP contribution in [0.25, 0.3) is 0 Å². The van der Waals surface area contributed by atoms with Crippen LogP contribution in [-0.2, 0) is 4.79 Å². The van der Waals surface area contributed by atoms with Crippen molar-refractivity contribution in [2.24, 2.45) is 28.4 Å². The van der Waals surface area contributed by atoms with Crippen LogP contribution in [0.4, 0.5) is 0 Å². The molecule has 0 spiro atoms. The van der Waals surface area contributed by atoms with Gasteiger partial charge in [-0.2, -0.15) is 0 Å². The standard InChI is InChI=1S/C17H34N2O/c1-12(2)7-13(10-18)15(20)19-14-8-16(3,4)11-17(5,6)9-14/h12-14H,7-11,18H2,1-6H3,(H,19,20). The largest absolute Gasteiger partial charge is 0.353 e. The van der Waals surface area contributed by atoms with E-state index < -0.39 is 0 Å². The van der Waals surface area contributed by atoms with Gasteiger partial charge in [-0.25, -0.2) is 0 Å². The summed E-state index contributed by atoms with van der Waals surface area (Å²) in [7, 11) is 0. The first-order chi connectivity index (χ1) is 9.04. The van der Waals surface area contributed by atoms with Gasteiger partial charge in [-0.05, 0) is 42.4 Å². The predicted octanol–water partition coefficient (Wildman–Crippen LogP) is 3.33. The molecule has 1 atom stereocenters. The average molecular weight is 282 g/mol. The van der Waals surface area contributed by atoms with Crippen LogP contribution in [0, 0.1) is 22.7 Å². The molecule has 0 aromatic rings. The molecule has 1 aliphatic rings. The number of carbonyl (C=O) groups excluding carboxylic acids is 1. The van der Waals surface area contributed by atoms with Crippen molar-refractivity contribution in [2.45, 2.75) is 73.3 Å². The highest BCUT2D eigenvalue weighted by Crippen LogP contribution is 2.45. The number of hydrogen-bond donors (Lipinski definition) is 2. The summed E-state index contributed by atoms with van der Waals surface area (Å²) in [6, 6.07) is 0.294. The average Bonchev–Trinajstić information content (AvgIpc) is 2.20. The molecule has 1 amide bonds. The molecule has 0 bridgehead atoms. The summed E-state index contributed by atoms with van der Waals surface area (Å²) in [5.74, 6) is 0.622. The van der Waals surface area contributed by atoms with Gasteiger partial charge >= 0.3 is 0 Å². The third-order valence-electron chi connectivity index (χ3n) is 4.31. The Kier molecular flexibility index (Phi) is 5.65. The second kappa shape index (κ2) is 6.46. The maximum Gasteiger partial charge on any atom is 0.224 e. The molecule has 3 heteroatoms. The van der Waals surface area contributed by atoms with E-state index in [9.17, 15) is 4.79 Å². The maximum atomic E-state index is 12.4. The normalized spacial score (nSPS) is 23.6. The van der Waals surface area contributed by atoms with Crippen molar-refractivity contribution >= 4 is 5.91 Å². The van der Waals surface area contributed by atoms with Crippen LogP contribution in [0.1, 0.15) is 67.2 Å². The number of nitrogens with one attached hydrogen (secondary N) is 1. The smallest absolute Gasteiger partial charge is 0.224 e. The van der Waals surface area contributed by atoms with Gasteiger partial charge in [0.25, 0.3) is 0 Å². The van der Waals surface area contributed by atoms with Crippen LogP contribution < -0.4 is 11.1 Å². The molecular weight excluding hydrogens is 248 g/mol. The first-order valence-corrected chi connectivity index (χ1v) is 8.05. The van der Waals surface area contributed by atoms with Crippen LogP contribution in [0.2, 0.25) is 0 Å². The van der Waals surface area contributed by atoms with Gasteiger partial charge in [0.1, 0.15) is 0 Å². The van der Waals surface area contributed by atoms with Gasteiger partial charge in [-0.3, -0.25) is 4.79 Å². The van der Waals surface area contributed by atoms with Crippen molar-refractivity contribution in [3.63, 3.8) is 0 Å². The number of rotatable bonds is 5. The molecule has 1 unspecified atom stereocenters. The summed E-state index contributed by atoms with van der Waals surface area (Å²) >= 11 is 0. The summed E-state index contributed by atoms with van der Waals surface area (Å²) in [5, 5.41) is 3.27. The van der Waals surface area contributed by atoms with E-state index in [0.717, 1.165) is 19.3 Å². The Morgan fingerprint density at radius 3 is 2.10 bits per heavy atom. The van der Waals surface area contributed by atoms with Crippen LogP contribution in [0.15, 0.2) is 0 Å². The summed E-state index contributed by atoms with van der Waals surface area (Å²) in [6.07, 6.45) is 4.24. The zero-order valence-electron chi connectivity index (χ0n) is 14.3. The summed E-state index contributed by atoms with van der Waals surface area (Å²) in [6.45, 7) is 14.0. The molecule has 1 aliphatic carbocycles. The van der Waals surface area contributed by atoms with Gasteiger partial charge in [0.15, 0.2) is 0 Å². The molecule has 1 fully saturated rings. The van der Waals surface area contributed by atoms with Crippen molar-refractivity contribution in [1.82, 2.24) is 5.32 Å². The second-order valence-electron chi connectivity index (χ2n) is 8.68. The molecule has 0 radical (unpaired) electrons. The Hall–Kier alpha value is -0.570. The summed E-state index contributed by atoms with van der Waals surface area (Å²) in [4.78, 5) is 12.4. The lowest BCUT2D eigenvalue weighted by Crippen LogP contribution is -2.48. The monoisotopic (exact) mass is 282 g/mol. The second-order valence-corrected chi connectivity index (χ2v) is 8.68. The molecule has 0 aliphatic heterocycles. The van der Waals surface area contributed by atoms with E-state index in [2.05, 4.69) is 46.9 Å². The van der Waals surface area contributed by atoms with E-state index in [1.54, 1.807) is 0 Å². The van der Waals surface area contributed by atoms with Crippen LogP contribution in [0.5, 0.6) is 0 Å². The Balaban J connectivity index is 2.64. The molecule has 1 saturated carbocycles. The minimum absolute atomic E-state index is 0.0387. The number of amides is 1. The number of carbonyl (C=O) groups is 1. The van der Waals surface area contributed by atoms with Gasteiger partial charge in [0, 0.05) is 12.6 Å². The molecule has 20 heavy (non-hydrogen) atoms. The lowest BCUT2D eigenvalue weighted by molar-refractivity contribution is -0.126. The molecule has 1 rings (SSSR count). The molecule has 118 valence electrons. The molecule has 0 saturated heterocycles. The molecule has 0 aromatic heterocycles. The Morgan fingerprint density at radius 1 is 1.20 bits per heavy atom. The van der Waals surface area contributed by atoms with Crippen molar-refractivity contribution < 1.29 is 4.79 Å². The first-order valence-electron chi connectivity index (χ1n) is 8.05. The Bertz CT molecular complexity index is 318. The van der Waals surface area contributed by atoms with E-state index in [1.807, 2.05) is 0 Å². The van der Waals surface area contributed by atoms with Gasteiger partial charge in [0.2, 0.25) is 5.91 Å². The van der Waals surface area contributed by atoms with Gasteiger partial charge in [0.05, 0.1) is 5.92 Å². The quantitative estimate of drug-likeness (QED) is 0.812. The predicted molar refractivity (Wildman–Crippen MR) is 85.3 cm³/mol. The fourth-order valence-corrected chi connectivity index (χ4v) is 4.15. The van der Waals surface area contributed by atoms with Crippen LogP contribution >= 0.6 is 0 Å². The minimum atomic E-state index is -0.0387. The SMILES string of the molecule is CC(C)CC(CN)C(=O)NC1CC(C)(C)CC(C)(C)C1. The summed E-state index contributed by atoms with van der Waals surface area (Å²) < 4.78 is 0. The highest BCUT2D eigenvalue weighted by Gasteiger charge is 2.39. The molecule has 3 nitrogen and oxygen atoms in total. The molecule has 0 heterocycles. The fourth-order valence-electron chi connectivity index (χ4n) is 4.15. The van der Waals surface area contributed by atoms with Crippen LogP contribution in [-0.4, -0.2) is 18.5 Å². The highest BCUT2D eigenvalue weighted by atomic mass is 16.1. The van der Waals surface area contributed by atoms with Gasteiger partial charge < -0.3 is 11.1 Å². The number of nitrogens with two attached hydrogens (primary N) is 1. The Morgan fingerprint density at radius 2 is 1.70 bits per heavy atom. The maximum absolute atomic E-state index is 12.4. The van der Waals surface area contributed by atoms with Crippen LogP contribution in [0.3, 0.4) is 0 Å². The lowest BCUT2D eigenvalue weighted by Gasteiger charge is -2.45. The highest BCUT2D eigenvalue weighted by molar-refractivity contribution is 5.79.